The van der Waals surface area contributed by atoms with Crippen LogP contribution < -0.4 is 0 Å². The number of aliphatic hydroxyl groups is 3. The van der Waals surface area contributed by atoms with Gasteiger partial charge >= 0.3 is 0 Å². The molecule has 2 unspecified atom stereocenters. The number of hydrogen-bond donors (Lipinski definition) is 3. The first-order valence-electron chi connectivity index (χ1n) is 10.6. The zero-order chi connectivity index (χ0) is 19.5. The monoisotopic (exact) mass is 369 g/mol. The van der Waals surface area contributed by atoms with Crippen LogP contribution in [0.25, 0.3) is 0 Å². The van der Waals surface area contributed by atoms with Crippen molar-refractivity contribution in [2.75, 3.05) is 26.2 Å². The fourth-order valence-corrected chi connectivity index (χ4v) is 2.91. The van der Waals surface area contributed by atoms with Crippen LogP contribution in [-0.4, -0.2) is 58.7 Å². The van der Waals surface area contributed by atoms with Crippen LogP contribution in [0.1, 0.15) is 78.1 Å². The highest BCUT2D eigenvalue weighted by Gasteiger charge is 2.14. The summed E-state index contributed by atoms with van der Waals surface area (Å²) in [5, 5.41) is 29.6. The molecule has 2 atom stereocenters. The molecule has 4 nitrogen and oxygen atoms in total. The SMILES string of the molecule is CCCCC/C=C/CC(O)CN(CCO)CC(O)C/C=C/CCCCC. The average Bonchev–Trinajstić information content (AvgIpc) is 2.61. The molecule has 4 heteroatoms. The second kappa shape index (κ2) is 19.1. The van der Waals surface area contributed by atoms with Gasteiger partial charge in [0.25, 0.3) is 0 Å². The summed E-state index contributed by atoms with van der Waals surface area (Å²) in [7, 11) is 0. The Morgan fingerprint density at radius 3 is 1.58 bits per heavy atom. The average molecular weight is 370 g/mol. The van der Waals surface area contributed by atoms with Crippen LogP contribution in [0.15, 0.2) is 24.3 Å². The number of nitrogens with zero attached hydrogens (tertiary/aromatic N) is 1. The van der Waals surface area contributed by atoms with Crippen LogP contribution in [-0.2, 0) is 0 Å². The van der Waals surface area contributed by atoms with Crippen LogP contribution in [0.2, 0.25) is 0 Å². The van der Waals surface area contributed by atoms with Crippen molar-refractivity contribution in [3.05, 3.63) is 24.3 Å². The molecule has 0 saturated heterocycles. The van der Waals surface area contributed by atoms with Crippen molar-refractivity contribution >= 4 is 0 Å². The molecule has 0 heterocycles. The molecule has 154 valence electrons. The summed E-state index contributed by atoms with van der Waals surface area (Å²) >= 11 is 0. The fourth-order valence-electron chi connectivity index (χ4n) is 2.91. The maximum Gasteiger partial charge on any atom is 0.0701 e. The zero-order valence-electron chi connectivity index (χ0n) is 17.2. The number of allylic oxidation sites excluding steroid dienone is 2. The predicted octanol–water partition coefficient (Wildman–Crippen LogP) is 4.06. The van der Waals surface area contributed by atoms with E-state index in [2.05, 4.69) is 26.0 Å². The van der Waals surface area contributed by atoms with E-state index in [1.807, 2.05) is 17.1 Å². The van der Waals surface area contributed by atoms with E-state index < -0.39 is 12.2 Å². The third kappa shape index (κ3) is 16.8. The molecule has 0 aliphatic rings. The molecule has 3 N–H and O–H groups in total. The minimum Gasteiger partial charge on any atom is -0.395 e. The first-order valence-corrected chi connectivity index (χ1v) is 10.6. The number of unbranched alkanes of at least 4 members (excludes halogenated alkanes) is 6. The van der Waals surface area contributed by atoms with Crippen molar-refractivity contribution in [1.29, 1.82) is 0 Å². The molecule has 0 aromatic rings. The second-order valence-corrected chi connectivity index (χ2v) is 7.20. The molecule has 0 spiro atoms. The lowest BCUT2D eigenvalue weighted by Crippen LogP contribution is -2.39. The van der Waals surface area contributed by atoms with E-state index in [0.29, 0.717) is 32.5 Å². The molecule has 0 aliphatic heterocycles. The highest BCUT2D eigenvalue weighted by molar-refractivity contribution is 4.87. The summed E-state index contributed by atoms with van der Waals surface area (Å²) in [5.74, 6) is 0. The van der Waals surface area contributed by atoms with E-state index in [1.165, 1.54) is 38.5 Å². The Bertz CT molecular complexity index is 314. The Balaban J connectivity index is 4.05. The molecular formula is C22H43NO3. The lowest BCUT2D eigenvalue weighted by Gasteiger charge is -2.26. The van der Waals surface area contributed by atoms with Crippen molar-refractivity contribution < 1.29 is 15.3 Å². The Labute approximate surface area is 161 Å². The van der Waals surface area contributed by atoms with Gasteiger partial charge in [0.1, 0.15) is 0 Å². The minimum atomic E-state index is -0.458. The Hall–Kier alpha value is -0.680. The first-order chi connectivity index (χ1) is 12.6. The predicted molar refractivity (Wildman–Crippen MR) is 111 cm³/mol. The summed E-state index contributed by atoms with van der Waals surface area (Å²) in [6.07, 6.45) is 18.2. The van der Waals surface area contributed by atoms with Crippen LogP contribution >= 0.6 is 0 Å². The largest absolute Gasteiger partial charge is 0.395 e. The standard InChI is InChI=1S/C22H43NO3/c1-3-5-7-9-11-13-15-21(25)19-23(17-18-24)20-22(26)16-14-12-10-8-6-4-2/h11-14,21-22,24-26H,3-10,15-20H2,1-2H3/b13-11+,14-12+. The van der Waals surface area contributed by atoms with Gasteiger partial charge in [-0.25, -0.2) is 0 Å². The molecule has 0 radical (unpaired) electrons. The summed E-state index contributed by atoms with van der Waals surface area (Å²) in [6, 6.07) is 0. The van der Waals surface area contributed by atoms with Gasteiger partial charge in [0.2, 0.25) is 0 Å². The van der Waals surface area contributed by atoms with Gasteiger partial charge in [-0.1, -0.05) is 63.8 Å². The molecule has 0 aromatic heterocycles. The van der Waals surface area contributed by atoms with Crippen molar-refractivity contribution in [3.8, 4) is 0 Å². The molecule has 0 aliphatic carbocycles. The number of hydrogen-bond acceptors (Lipinski definition) is 4. The Kier molecular flexibility index (Phi) is 18.6. The van der Waals surface area contributed by atoms with Gasteiger partial charge in [-0.3, -0.25) is 4.90 Å². The van der Waals surface area contributed by atoms with Crippen LogP contribution in [0.4, 0.5) is 0 Å². The Morgan fingerprint density at radius 2 is 1.19 bits per heavy atom. The van der Waals surface area contributed by atoms with Gasteiger partial charge in [-0.2, -0.15) is 0 Å². The highest BCUT2D eigenvalue weighted by atomic mass is 16.3. The third-order valence-corrected chi connectivity index (χ3v) is 4.45. The van der Waals surface area contributed by atoms with Crippen molar-refractivity contribution in [3.63, 3.8) is 0 Å². The topological polar surface area (TPSA) is 63.9 Å². The lowest BCUT2D eigenvalue weighted by atomic mass is 10.1. The van der Waals surface area contributed by atoms with Crippen LogP contribution in [0.5, 0.6) is 0 Å². The van der Waals surface area contributed by atoms with Gasteiger partial charge in [-0.05, 0) is 38.5 Å². The summed E-state index contributed by atoms with van der Waals surface area (Å²) in [4.78, 5) is 1.95. The molecule has 26 heavy (non-hydrogen) atoms. The molecular weight excluding hydrogens is 326 g/mol. The van der Waals surface area contributed by atoms with E-state index in [0.717, 1.165) is 12.8 Å². The van der Waals surface area contributed by atoms with Gasteiger partial charge in [0.15, 0.2) is 0 Å². The molecule has 0 aromatic carbocycles. The summed E-state index contributed by atoms with van der Waals surface area (Å²) < 4.78 is 0. The van der Waals surface area contributed by atoms with Crippen molar-refractivity contribution in [1.82, 2.24) is 4.90 Å². The van der Waals surface area contributed by atoms with E-state index in [1.54, 1.807) is 0 Å². The molecule has 0 saturated carbocycles. The normalized spacial score (nSPS) is 14.7. The van der Waals surface area contributed by atoms with Gasteiger partial charge in [0.05, 0.1) is 18.8 Å². The van der Waals surface area contributed by atoms with Crippen LogP contribution in [0, 0.1) is 0 Å². The maximum absolute atomic E-state index is 10.2. The fraction of sp³-hybridized carbons (Fsp3) is 0.818. The minimum absolute atomic E-state index is 0.0408. The van der Waals surface area contributed by atoms with Crippen molar-refractivity contribution in [2.24, 2.45) is 0 Å². The number of rotatable bonds is 18. The van der Waals surface area contributed by atoms with Crippen LogP contribution in [0.3, 0.4) is 0 Å². The van der Waals surface area contributed by atoms with Gasteiger partial charge < -0.3 is 15.3 Å². The summed E-state index contributed by atoms with van der Waals surface area (Å²) in [6.45, 7) is 5.88. The smallest absolute Gasteiger partial charge is 0.0701 e. The van der Waals surface area contributed by atoms with Gasteiger partial charge in [0, 0.05) is 19.6 Å². The van der Waals surface area contributed by atoms with E-state index in [-0.39, 0.29) is 6.61 Å². The third-order valence-electron chi connectivity index (χ3n) is 4.45. The van der Waals surface area contributed by atoms with E-state index in [4.69, 9.17) is 0 Å². The first kappa shape index (κ1) is 25.3. The second-order valence-electron chi connectivity index (χ2n) is 7.20. The van der Waals surface area contributed by atoms with Gasteiger partial charge in [-0.15, -0.1) is 0 Å². The van der Waals surface area contributed by atoms with E-state index >= 15 is 0 Å². The zero-order valence-corrected chi connectivity index (χ0v) is 17.2. The lowest BCUT2D eigenvalue weighted by molar-refractivity contribution is 0.0617. The summed E-state index contributed by atoms with van der Waals surface area (Å²) in [5.41, 5.74) is 0. The maximum atomic E-state index is 10.2. The molecule has 0 rings (SSSR count). The molecule has 0 bridgehead atoms. The highest BCUT2D eigenvalue weighted by Crippen LogP contribution is 2.06. The number of aliphatic hydroxyl groups excluding tert-OH is 3. The molecule has 0 amide bonds. The van der Waals surface area contributed by atoms with Crippen molar-refractivity contribution in [2.45, 2.75) is 90.3 Å². The quantitative estimate of drug-likeness (QED) is 0.252. The molecule has 0 fully saturated rings. The van der Waals surface area contributed by atoms with E-state index in [9.17, 15) is 15.3 Å². The Morgan fingerprint density at radius 1 is 0.731 bits per heavy atom.